The molecule has 19 heavy (non-hydrogen) atoms. The zero-order valence-corrected chi connectivity index (χ0v) is 11.2. The maximum Gasteiger partial charge on any atom is 0.326 e. The van der Waals surface area contributed by atoms with Crippen LogP contribution in [0.2, 0.25) is 0 Å². The molecular formula is C11H11BrN2O5. The third kappa shape index (κ3) is 4.25. The fourth-order valence-corrected chi connectivity index (χ4v) is 1.68. The molecule has 0 bridgehead atoms. The van der Waals surface area contributed by atoms with E-state index in [1.54, 1.807) is 0 Å². The third-order valence-electron chi connectivity index (χ3n) is 2.21. The monoisotopic (exact) mass is 330 g/mol. The first-order chi connectivity index (χ1) is 8.81. The van der Waals surface area contributed by atoms with Crippen LogP contribution in [-0.2, 0) is 9.59 Å². The van der Waals surface area contributed by atoms with E-state index in [0.717, 1.165) is 0 Å². The Kier molecular flexibility index (Phi) is 4.87. The Balaban J connectivity index is 2.87. The van der Waals surface area contributed by atoms with Gasteiger partial charge in [0.2, 0.25) is 5.91 Å². The SMILES string of the molecule is NC(=O)C[C@H](NC(=O)c1ccc(Br)cc1O)C(=O)O. The number of aromatic hydroxyl groups is 1. The largest absolute Gasteiger partial charge is 0.507 e. The van der Waals surface area contributed by atoms with Crippen molar-refractivity contribution in [2.45, 2.75) is 12.5 Å². The lowest BCUT2D eigenvalue weighted by molar-refractivity contribution is -0.140. The molecular weight excluding hydrogens is 320 g/mol. The summed E-state index contributed by atoms with van der Waals surface area (Å²) in [5.74, 6) is -3.36. The topological polar surface area (TPSA) is 130 Å². The van der Waals surface area contributed by atoms with Crippen molar-refractivity contribution >= 4 is 33.7 Å². The minimum atomic E-state index is -1.44. The number of phenols is 1. The average Bonchev–Trinajstić information content (AvgIpc) is 2.26. The molecule has 7 nitrogen and oxygen atoms in total. The maximum atomic E-state index is 11.8. The number of carbonyl (C=O) groups excluding carboxylic acids is 2. The van der Waals surface area contributed by atoms with Crippen LogP contribution in [0, 0.1) is 0 Å². The number of nitrogens with one attached hydrogen (secondary N) is 1. The molecule has 0 aliphatic heterocycles. The lowest BCUT2D eigenvalue weighted by Gasteiger charge is -2.13. The van der Waals surface area contributed by atoms with E-state index in [2.05, 4.69) is 21.2 Å². The number of nitrogens with two attached hydrogens (primary N) is 1. The molecule has 0 saturated heterocycles. The summed E-state index contributed by atoms with van der Waals surface area (Å²) in [5.41, 5.74) is 4.79. The molecule has 0 unspecified atom stereocenters. The third-order valence-corrected chi connectivity index (χ3v) is 2.71. The van der Waals surface area contributed by atoms with Crippen LogP contribution in [0.25, 0.3) is 0 Å². The van der Waals surface area contributed by atoms with Gasteiger partial charge in [0, 0.05) is 4.47 Å². The maximum absolute atomic E-state index is 11.8. The van der Waals surface area contributed by atoms with Gasteiger partial charge in [-0.15, -0.1) is 0 Å². The van der Waals surface area contributed by atoms with Gasteiger partial charge in [-0.25, -0.2) is 4.79 Å². The van der Waals surface area contributed by atoms with Crippen molar-refractivity contribution in [3.8, 4) is 5.75 Å². The summed E-state index contributed by atoms with van der Waals surface area (Å²) >= 11 is 3.11. The number of aliphatic carboxylic acids is 1. The smallest absolute Gasteiger partial charge is 0.326 e. The quantitative estimate of drug-likeness (QED) is 0.613. The van der Waals surface area contributed by atoms with Crippen molar-refractivity contribution < 1.29 is 24.6 Å². The van der Waals surface area contributed by atoms with Gasteiger partial charge in [-0.1, -0.05) is 15.9 Å². The predicted molar refractivity (Wildman–Crippen MR) is 68.5 cm³/mol. The molecule has 0 saturated carbocycles. The van der Waals surface area contributed by atoms with Crippen LogP contribution in [0.1, 0.15) is 16.8 Å². The van der Waals surface area contributed by atoms with Crippen LogP contribution in [-0.4, -0.2) is 34.0 Å². The van der Waals surface area contributed by atoms with Gasteiger partial charge >= 0.3 is 5.97 Å². The normalized spacial score (nSPS) is 11.6. The number of hydrogen-bond donors (Lipinski definition) is 4. The molecule has 102 valence electrons. The van der Waals surface area contributed by atoms with Crippen LogP contribution in [0.5, 0.6) is 5.75 Å². The second-order valence-corrected chi connectivity index (χ2v) is 4.61. The van der Waals surface area contributed by atoms with Gasteiger partial charge in [-0.05, 0) is 18.2 Å². The fraction of sp³-hybridized carbons (Fsp3) is 0.182. The number of carboxylic acid groups (broad SMARTS) is 1. The highest BCUT2D eigenvalue weighted by Gasteiger charge is 2.23. The minimum Gasteiger partial charge on any atom is -0.507 e. The second-order valence-electron chi connectivity index (χ2n) is 3.70. The van der Waals surface area contributed by atoms with Crippen molar-refractivity contribution in [1.29, 1.82) is 0 Å². The summed E-state index contributed by atoms with van der Waals surface area (Å²) in [6, 6.07) is 2.68. The highest BCUT2D eigenvalue weighted by Crippen LogP contribution is 2.22. The standard InChI is InChI=1S/C11H11BrN2O5/c12-5-1-2-6(8(15)3-5)10(17)14-7(11(18)19)4-9(13)16/h1-3,7,15H,4H2,(H2,13,16)(H,14,17)(H,18,19)/t7-/m0/s1. The number of primary amides is 1. The van der Waals surface area contributed by atoms with E-state index in [4.69, 9.17) is 10.8 Å². The van der Waals surface area contributed by atoms with Crippen LogP contribution in [0.15, 0.2) is 22.7 Å². The number of halogens is 1. The van der Waals surface area contributed by atoms with Crippen molar-refractivity contribution in [2.24, 2.45) is 5.73 Å². The average molecular weight is 331 g/mol. The van der Waals surface area contributed by atoms with Gasteiger partial charge in [-0.2, -0.15) is 0 Å². The Hall–Kier alpha value is -2.09. The van der Waals surface area contributed by atoms with Crippen LogP contribution in [0.3, 0.4) is 0 Å². The van der Waals surface area contributed by atoms with Crippen molar-refractivity contribution in [1.82, 2.24) is 5.32 Å². The lowest BCUT2D eigenvalue weighted by atomic mass is 10.1. The first-order valence-corrected chi connectivity index (χ1v) is 5.91. The summed E-state index contributed by atoms with van der Waals surface area (Å²) in [6.07, 6.45) is -0.529. The molecule has 1 aromatic carbocycles. The zero-order valence-electron chi connectivity index (χ0n) is 9.59. The van der Waals surface area contributed by atoms with Gasteiger partial charge in [0.25, 0.3) is 5.91 Å². The van der Waals surface area contributed by atoms with Gasteiger partial charge in [-0.3, -0.25) is 9.59 Å². The number of carboxylic acids is 1. The van der Waals surface area contributed by atoms with Crippen LogP contribution in [0.4, 0.5) is 0 Å². The summed E-state index contributed by atoms with van der Waals surface area (Å²) in [6.45, 7) is 0. The fourth-order valence-electron chi connectivity index (χ4n) is 1.33. The van der Waals surface area contributed by atoms with E-state index in [9.17, 15) is 19.5 Å². The van der Waals surface area contributed by atoms with E-state index in [0.29, 0.717) is 4.47 Å². The highest BCUT2D eigenvalue weighted by molar-refractivity contribution is 9.10. The van der Waals surface area contributed by atoms with E-state index in [1.165, 1.54) is 18.2 Å². The zero-order chi connectivity index (χ0) is 14.6. The predicted octanol–water partition coefficient (Wildman–Crippen LogP) is 0.213. The summed E-state index contributed by atoms with van der Waals surface area (Å²) in [4.78, 5) is 33.3. The van der Waals surface area contributed by atoms with Crippen LogP contribution < -0.4 is 11.1 Å². The molecule has 1 rings (SSSR count). The Bertz CT molecular complexity index is 532. The molecule has 0 aliphatic carbocycles. The van der Waals surface area contributed by atoms with E-state index in [-0.39, 0.29) is 11.3 Å². The van der Waals surface area contributed by atoms with Crippen LogP contribution >= 0.6 is 15.9 Å². The molecule has 1 atom stereocenters. The Morgan fingerprint density at radius 2 is 2.00 bits per heavy atom. The van der Waals surface area contributed by atoms with E-state index >= 15 is 0 Å². The Labute approximate surface area is 116 Å². The number of hydrogen-bond acceptors (Lipinski definition) is 4. The molecule has 0 heterocycles. The molecule has 0 aromatic heterocycles. The first-order valence-electron chi connectivity index (χ1n) is 5.11. The van der Waals surface area contributed by atoms with E-state index < -0.39 is 30.2 Å². The van der Waals surface area contributed by atoms with Gasteiger partial charge in [0.05, 0.1) is 12.0 Å². The molecule has 5 N–H and O–H groups in total. The first kappa shape index (κ1) is 15.0. The molecule has 0 radical (unpaired) electrons. The molecule has 0 fully saturated rings. The highest BCUT2D eigenvalue weighted by atomic mass is 79.9. The van der Waals surface area contributed by atoms with Gasteiger partial charge in [0.15, 0.2) is 0 Å². The Morgan fingerprint density at radius 1 is 1.37 bits per heavy atom. The molecule has 2 amide bonds. The molecule has 1 aromatic rings. The van der Waals surface area contributed by atoms with E-state index in [1.807, 2.05) is 0 Å². The number of rotatable bonds is 5. The summed E-state index contributed by atoms with van der Waals surface area (Å²) in [5, 5.41) is 20.5. The van der Waals surface area contributed by atoms with Crippen molar-refractivity contribution in [3.63, 3.8) is 0 Å². The van der Waals surface area contributed by atoms with Gasteiger partial charge < -0.3 is 21.3 Å². The van der Waals surface area contributed by atoms with Crippen molar-refractivity contribution in [2.75, 3.05) is 0 Å². The summed E-state index contributed by atoms with van der Waals surface area (Å²) < 4.78 is 0.563. The second kappa shape index (κ2) is 6.19. The number of benzene rings is 1. The molecule has 0 aliphatic rings. The minimum absolute atomic E-state index is 0.0982. The molecule has 0 spiro atoms. The number of phenolic OH excluding ortho intramolecular Hbond substituents is 1. The number of carbonyl (C=O) groups is 3. The summed E-state index contributed by atoms with van der Waals surface area (Å²) in [7, 11) is 0. The van der Waals surface area contributed by atoms with Gasteiger partial charge in [0.1, 0.15) is 11.8 Å². The van der Waals surface area contributed by atoms with Crippen molar-refractivity contribution in [3.05, 3.63) is 28.2 Å². The Morgan fingerprint density at radius 3 is 2.47 bits per heavy atom. The molecule has 8 heteroatoms. The number of amides is 2. The lowest BCUT2D eigenvalue weighted by Crippen LogP contribution is -2.43.